The third-order valence-corrected chi connectivity index (χ3v) is 0. The van der Waals surface area contributed by atoms with E-state index in [1.807, 2.05) is 0 Å². The molecule has 0 aromatic heterocycles. The van der Waals surface area contributed by atoms with Gasteiger partial charge in [0.2, 0.25) is 0 Å². The van der Waals surface area contributed by atoms with Gasteiger partial charge in [-0.05, 0) is 0 Å². The third-order valence-electron chi connectivity index (χ3n) is 0. The molecule has 0 aliphatic rings. The van der Waals surface area contributed by atoms with Gasteiger partial charge in [0.15, 0.2) is 0 Å². The van der Waals surface area contributed by atoms with Crippen LogP contribution < -0.4 is 0 Å². The first-order chi connectivity index (χ1) is 0. The summed E-state index contributed by atoms with van der Waals surface area (Å²) < 4.78 is 0. The molecule has 0 aliphatic heterocycles. The first-order valence-electron chi connectivity index (χ1n) is 0. The van der Waals surface area contributed by atoms with E-state index in [-0.39, 0.29) is 73.2 Å². The van der Waals surface area contributed by atoms with Crippen molar-refractivity contribution in [3.05, 3.63) is 0 Å². The minimum absolute atomic E-state index is 0. The average Bonchev–Trinajstić information content (AvgIpc) is 0. The first kappa shape index (κ1) is 137. The molecule has 0 atom stereocenters. The van der Waals surface area contributed by atoms with E-state index in [1.54, 1.807) is 0 Å². The zero-order valence-electron chi connectivity index (χ0n) is 2.66. The molecule has 0 saturated heterocycles. The van der Waals surface area contributed by atoms with E-state index >= 15 is 0 Å². The molecule has 0 aromatic carbocycles. The second-order valence-electron chi connectivity index (χ2n) is 0. The Bertz CT molecular complexity index is 7.51. The van der Waals surface area contributed by atoms with Crippen LogP contribution in [0.1, 0.15) is 0 Å². The number of hydrogen-bond donors (Lipinski definition) is 0. The molecule has 0 N–H and O–H groups in total. The Morgan fingerprint density at radius 1 is 0.500 bits per heavy atom. The fraction of sp³-hybridized carbons (Fsp3) is 0. The van der Waals surface area contributed by atoms with E-state index in [1.165, 1.54) is 0 Å². The molecule has 0 spiro atoms. The van der Waals surface area contributed by atoms with Crippen molar-refractivity contribution in [2.75, 3.05) is 0 Å². The summed E-state index contributed by atoms with van der Waals surface area (Å²) in [6, 6.07) is 0. The molecular weight excluding hydrogens is 204 g/mol. The first-order valence-corrected chi connectivity index (χ1v) is 0. The van der Waals surface area contributed by atoms with E-state index in [2.05, 4.69) is 0 Å². The molecule has 0 unspecified atom stereocenters. The van der Waals surface area contributed by atoms with E-state index in [0.29, 0.717) is 0 Å². The zero-order valence-corrected chi connectivity index (χ0v) is 6.89. The monoisotopic (exact) mass is 204 g/mol. The Morgan fingerprint density at radius 2 is 0.500 bits per heavy atom. The average molecular weight is 204 g/mol. The zero-order chi connectivity index (χ0) is 0. The summed E-state index contributed by atoms with van der Waals surface area (Å²) >= 11 is 0. The van der Waals surface area contributed by atoms with Crippen LogP contribution >= 0.6 is 0 Å². The van der Waals surface area contributed by atoms with Crippen molar-refractivity contribution in [1.29, 1.82) is 0 Å². The van der Waals surface area contributed by atoms with Gasteiger partial charge in [-0.2, -0.15) is 0 Å². The van der Waals surface area contributed by atoms with Crippen molar-refractivity contribution in [1.82, 2.24) is 0 Å². The summed E-state index contributed by atoms with van der Waals surface area (Å²) in [6.45, 7) is 0. The smallest absolute Gasteiger partial charge is 2.00 e. The van der Waals surface area contributed by atoms with Crippen molar-refractivity contribution in [2.24, 2.45) is 0 Å². The van der Waals surface area contributed by atoms with Gasteiger partial charge in [0, 0.05) is 18.6 Å². The van der Waals surface area contributed by atoms with Gasteiger partial charge >= 0.3 is 32.7 Å². The van der Waals surface area contributed by atoms with Crippen LogP contribution in [0, 0.1) is 0 Å². The predicted octanol–water partition coefficient (Wildman–Crippen LogP) is -0.480. The Balaban J connectivity index is 0. The van der Waals surface area contributed by atoms with Gasteiger partial charge in [-0.3, -0.25) is 0 Å². The fourth-order valence-electron chi connectivity index (χ4n) is 0. The van der Waals surface area contributed by atoms with Crippen LogP contribution in [-0.2, 0) is 73.2 Å². The van der Waals surface area contributed by atoms with E-state index < -0.39 is 0 Å². The predicted molar refractivity (Wildman–Crippen MR) is 2.75 cm³/mol. The largest absolute Gasteiger partial charge is 3.00 e. The summed E-state index contributed by atoms with van der Waals surface area (Å²) in [5.74, 6) is 0. The van der Waals surface area contributed by atoms with Crippen LogP contribution in [0.5, 0.6) is 0 Å². The fourth-order valence-corrected chi connectivity index (χ4v) is 0. The summed E-state index contributed by atoms with van der Waals surface area (Å²) in [5, 5.41) is 0. The molecule has 1 radical (unpaired) electrons. The van der Waals surface area contributed by atoms with Gasteiger partial charge in [-0.15, -0.1) is 0 Å². The van der Waals surface area contributed by atoms with E-state index in [4.69, 9.17) is 0 Å². The summed E-state index contributed by atoms with van der Waals surface area (Å²) in [7, 11) is 0. The number of hydrogen-bond acceptors (Lipinski definition) is 0. The van der Waals surface area contributed by atoms with Crippen LogP contribution in [0.15, 0.2) is 0 Å². The normalized spacial score (nSPS) is 0. The summed E-state index contributed by atoms with van der Waals surface area (Å²) in [4.78, 5) is 0. The van der Waals surface area contributed by atoms with Crippen LogP contribution in [0.3, 0.4) is 0 Å². The maximum absolute atomic E-state index is 0. The quantitative estimate of drug-likeness (QED) is 0.506. The van der Waals surface area contributed by atoms with Crippen molar-refractivity contribution in [2.45, 2.75) is 0 Å². The van der Waals surface area contributed by atoms with E-state index in [0.717, 1.165) is 0 Å². The molecule has 0 bridgehead atoms. The van der Waals surface area contributed by atoms with Crippen molar-refractivity contribution < 1.29 is 73.2 Å². The maximum Gasteiger partial charge on any atom is 3.00 e. The number of rotatable bonds is 0. The molecule has 0 aliphatic carbocycles. The molecule has 0 amide bonds. The molecule has 4 nitrogen and oxygen atoms in total. The second-order valence-corrected chi connectivity index (χ2v) is 0. The Kier molecular flexibility index (Phi) is 1960. The van der Waals surface area contributed by atoms with Crippen molar-refractivity contribution >= 4 is 0 Å². The summed E-state index contributed by atoms with van der Waals surface area (Å²) in [5.41, 5.74) is 0. The van der Waals surface area contributed by atoms with Gasteiger partial charge in [0.1, 0.15) is 0 Å². The van der Waals surface area contributed by atoms with Gasteiger partial charge in [-0.1, -0.05) is 0 Å². The maximum atomic E-state index is 0. The molecule has 0 aromatic rings. The van der Waals surface area contributed by atoms with E-state index in [9.17, 15) is 0 Å². The van der Waals surface area contributed by atoms with Gasteiger partial charge in [0.25, 0.3) is 0 Å². The van der Waals surface area contributed by atoms with Crippen LogP contribution in [0.4, 0.5) is 0 Å². The minimum atomic E-state index is 0. The SMILES string of the molecule is [O-2].[O-2].[O-2].[O-2].[V].[Y+3]. The molecular formula is O4VY-5. The molecule has 6 heteroatoms. The van der Waals surface area contributed by atoms with Gasteiger partial charge in [-0.25, -0.2) is 0 Å². The molecule has 0 fully saturated rings. The van der Waals surface area contributed by atoms with Crippen LogP contribution in [-0.4, -0.2) is 0 Å². The minimum Gasteiger partial charge on any atom is -2.00 e. The molecule has 0 heterocycles. The molecule has 0 saturated carbocycles. The molecule has 0 rings (SSSR count). The Morgan fingerprint density at radius 3 is 0.500 bits per heavy atom. The Labute approximate surface area is 72.7 Å². The third kappa shape index (κ3) is 48.5. The van der Waals surface area contributed by atoms with Crippen molar-refractivity contribution in [3.8, 4) is 0 Å². The topological polar surface area (TPSA) is 114 Å². The second kappa shape index (κ2) is 85.4. The molecule has 6 heavy (non-hydrogen) atoms. The molecule has 37 valence electrons. The van der Waals surface area contributed by atoms with Crippen LogP contribution in [0.2, 0.25) is 0 Å². The van der Waals surface area contributed by atoms with Crippen LogP contribution in [0.25, 0.3) is 0 Å². The Hall–Kier alpha value is 1.53. The standard InChI is InChI=1S/4O.V.Y/q4*-2;;+3. The van der Waals surface area contributed by atoms with Crippen molar-refractivity contribution in [3.63, 3.8) is 0 Å². The summed E-state index contributed by atoms with van der Waals surface area (Å²) in [6.07, 6.45) is 0. The van der Waals surface area contributed by atoms with Gasteiger partial charge < -0.3 is 21.9 Å². The van der Waals surface area contributed by atoms with Gasteiger partial charge in [0.05, 0.1) is 0 Å².